The highest BCUT2D eigenvalue weighted by molar-refractivity contribution is 6.06. The van der Waals surface area contributed by atoms with E-state index >= 15 is 0 Å². The number of rotatable bonds is 4. The van der Waals surface area contributed by atoms with Gasteiger partial charge in [0.05, 0.1) is 25.7 Å². The van der Waals surface area contributed by atoms with Gasteiger partial charge in [-0.15, -0.1) is 0 Å². The van der Waals surface area contributed by atoms with E-state index in [1.165, 1.54) is 0 Å². The molecule has 1 aliphatic heterocycles. The van der Waals surface area contributed by atoms with Gasteiger partial charge < -0.3 is 14.4 Å². The van der Waals surface area contributed by atoms with Crippen LogP contribution in [0.1, 0.15) is 37.3 Å². The minimum absolute atomic E-state index is 0.0343. The summed E-state index contributed by atoms with van der Waals surface area (Å²) in [6.45, 7) is 0. The van der Waals surface area contributed by atoms with Crippen molar-refractivity contribution in [1.82, 2.24) is 0 Å². The second-order valence-electron chi connectivity index (χ2n) is 6.88. The third-order valence-corrected chi connectivity index (χ3v) is 5.71. The standard InChI is InChI=1S/C21H23NO3/c1-24-16-11-9-15(10-12-16)22-19(17-7-3-4-8-18(17)25-2)21(20(22)23)13-5-6-14-21/h3-4,7-12,19H,5-6,13-14H2,1-2H3. The molecule has 4 nitrogen and oxygen atoms in total. The smallest absolute Gasteiger partial charge is 0.236 e. The van der Waals surface area contributed by atoms with Gasteiger partial charge in [0.15, 0.2) is 0 Å². The number of benzene rings is 2. The number of anilines is 1. The molecule has 2 aromatic carbocycles. The van der Waals surface area contributed by atoms with Crippen molar-refractivity contribution >= 4 is 11.6 Å². The summed E-state index contributed by atoms with van der Waals surface area (Å²) in [6, 6.07) is 15.8. The number of para-hydroxylation sites is 1. The molecule has 2 aromatic rings. The van der Waals surface area contributed by atoms with E-state index in [2.05, 4.69) is 6.07 Å². The summed E-state index contributed by atoms with van der Waals surface area (Å²) < 4.78 is 10.8. The SMILES string of the molecule is COc1ccc(N2C(=O)C3(CCCC3)C2c2ccccc2OC)cc1. The molecular formula is C21H23NO3. The van der Waals surface area contributed by atoms with Crippen LogP contribution >= 0.6 is 0 Å². The van der Waals surface area contributed by atoms with Crippen molar-refractivity contribution in [3.05, 3.63) is 54.1 Å². The van der Waals surface area contributed by atoms with E-state index < -0.39 is 0 Å². The van der Waals surface area contributed by atoms with Crippen LogP contribution in [0.4, 0.5) is 5.69 Å². The molecule has 4 rings (SSSR count). The minimum atomic E-state index is -0.269. The summed E-state index contributed by atoms with van der Waals surface area (Å²) in [5.74, 6) is 1.89. The van der Waals surface area contributed by atoms with E-state index in [-0.39, 0.29) is 17.4 Å². The predicted octanol–water partition coefficient (Wildman–Crippen LogP) is 4.35. The summed E-state index contributed by atoms with van der Waals surface area (Å²) in [5, 5.41) is 0. The van der Waals surface area contributed by atoms with Crippen LogP contribution in [0.3, 0.4) is 0 Å². The maximum absolute atomic E-state index is 13.2. The molecule has 1 saturated carbocycles. The van der Waals surface area contributed by atoms with Crippen molar-refractivity contribution < 1.29 is 14.3 Å². The molecule has 1 saturated heterocycles. The lowest BCUT2D eigenvalue weighted by Gasteiger charge is -2.55. The first-order valence-corrected chi connectivity index (χ1v) is 8.82. The molecule has 130 valence electrons. The van der Waals surface area contributed by atoms with Crippen molar-refractivity contribution in [2.75, 3.05) is 19.1 Å². The van der Waals surface area contributed by atoms with E-state index in [4.69, 9.17) is 9.47 Å². The molecule has 0 radical (unpaired) electrons. The number of carbonyl (C=O) groups is 1. The molecule has 1 spiro atoms. The van der Waals surface area contributed by atoms with Crippen LogP contribution < -0.4 is 14.4 Å². The first kappa shape index (κ1) is 16.0. The monoisotopic (exact) mass is 337 g/mol. The van der Waals surface area contributed by atoms with E-state index in [1.54, 1.807) is 14.2 Å². The molecule has 1 aliphatic carbocycles. The lowest BCUT2D eigenvalue weighted by Crippen LogP contribution is -2.62. The van der Waals surface area contributed by atoms with Crippen molar-refractivity contribution in [3.63, 3.8) is 0 Å². The fourth-order valence-corrected chi connectivity index (χ4v) is 4.49. The number of amides is 1. The van der Waals surface area contributed by atoms with Crippen molar-refractivity contribution in [2.24, 2.45) is 5.41 Å². The van der Waals surface area contributed by atoms with Crippen LogP contribution in [0.25, 0.3) is 0 Å². The summed E-state index contributed by atoms with van der Waals surface area (Å²) in [5.41, 5.74) is 1.75. The molecule has 4 heteroatoms. The maximum atomic E-state index is 13.2. The average Bonchev–Trinajstić information content (AvgIpc) is 3.18. The Morgan fingerprint density at radius 3 is 2.28 bits per heavy atom. The van der Waals surface area contributed by atoms with Crippen LogP contribution in [-0.2, 0) is 4.79 Å². The molecule has 0 N–H and O–H groups in total. The Balaban J connectivity index is 1.78. The summed E-state index contributed by atoms with van der Waals surface area (Å²) >= 11 is 0. The zero-order valence-electron chi connectivity index (χ0n) is 14.7. The largest absolute Gasteiger partial charge is 0.497 e. The van der Waals surface area contributed by atoms with Gasteiger partial charge in [-0.05, 0) is 43.2 Å². The lowest BCUT2D eigenvalue weighted by atomic mass is 9.66. The minimum Gasteiger partial charge on any atom is -0.497 e. The van der Waals surface area contributed by atoms with Crippen molar-refractivity contribution in [3.8, 4) is 11.5 Å². The number of β-lactam (4-membered cyclic amide) rings is 1. The Morgan fingerprint density at radius 2 is 1.64 bits per heavy atom. The second kappa shape index (κ2) is 6.10. The molecule has 1 unspecified atom stereocenters. The van der Waals surface area contributed by atoms with Crippen molar-refractivity contribution in [1.29, 1.82) is 0 Å². The van der Waals surface area contributed by atoms with Gasteiger partial charge in [0, 0.05) is 11.3 Å². The zero-order valence-corrected chi connectivity index (χ0v) is 14.7. The number of hydrogen-bond donors (Lipinski definition) is 0. The summed E-state index contributed by atoms with van der Waals surface area (Å²) in [4.78, 5) is 15.1. The van der Waals surface area contributed by atoms with E-state index in [0.717, 1.165) is 48.4 Å². The molecule has 1 heterocycles. The topological polar surface area (TPSA) is 38.8 Å². The average molecular weight is 337 g/mol. The number of nitrogens with zero attached hydrogens (tertiary/aromatic N) is 1. The van der Waals surface area contributed by atoms with Gasteiger partial charge in [0.2, 0.25) is 5.91 Å². The lowest BCUT2D eigenvalue weighted by molar-refractivity contribution is -0.139. The van der Waals surface area contributed by atoms with Crippen LogP contribution in [0, 0.1) is 5.41 Å². The first-order chi connectivity index (χ1) is 12.2. The molecule has 0 bridgehead atoms. The number of ether oxygens (including phenoxy) is 2. The highest BCUT2D eigenvalue weighted by Crippen LogP contribution is 2.61. The van der Waals surface area contributed by atoms with E-state index in [9.17, 15) is 4.79 Å². The highest BCUT2D eigenvalue weighted by atomic mass is 16.5. The molecule has 1 amide bonds. The van der Waals surface area contributed by atoms with Gasteiger partial charge in [-0.2, -0.15) is 0 Å². The second-order valence-corrected chi connectivity index (χ2v) is 6.88. The number of carbonyl (C=O) groups excluding carboxylic acids is 1. The molecule has 0 aromatic heterocycles. The van der Waals surface area contributed by atoms with Crippen LogP contribution in [0.2, 0.25) is 0 Å². The van der Waals surface area contributed by atoms with Crippen LogP contribution in [0.15, 0.2) is 48.5 Å². The van der Waals surface area contributed by atoms with Gasteiger partial charge in [-0.25, -0.2) is 0 Å². The number of hydrogen-bond acceptors (Lipinski definition) is 3. The van der Waals surface area contributed by atoms with E-state index in [1.807, 2.05) is 47.4 Å². The van der Waals surface area contributed by atoms with E-state index in [0.29, 0.717) is 0 Å². The Morgan fingerprint density at radius 1 is 0.960 bits per heavy atom. The fourth-order valence-electron chi connectivity index (χ4n) is 4.49. The summed E-state index contributed by atoms with van der Waals surface area (Å²) in [6.07, 6.45) is 4.16. The van der Waals surface area contributed by atoms with Gasteiger partial charge in [-0.1, -0.05) is 31.0 Å². The van der Waals surface area contributed by atoms with Gasteiger partial charge >= 0.3 is 0 Å². The Kier molecular flexibility index (Phi) is 3.91. The summed E-state index contributed by atoms with van der Waals surface area (Å²) in [7, 11) is 3.34. The molecule has 25 heavy (non-hydrogen) atoms. The first-order valence-electron chi connectivity index (χ1n) is 8.82. The van der Waals surface area contributed by atoms with Crippen molar-refractivity contribution in [2.45, 2.75) is 31.7 Å². The Bertz CT molecular complexity index is 778. The fraction of sp³-hybridized carbons (Fsp3) is 0.381. The zero-order chi connectivity index (χ0) is 17.4. The molecule has 2 aliphatic rings. The highest BCUT2D eigenvalue weighted by Gasteiger charge is 2.62. The molecular weight excluding hydrogens is 314 g/mol. The predicted molar refractivity (Wildman–Crippen MR) is 97.1 cm³/mol. The third kappa shape index (κ3) is 2.31. The molecule has 1 atom stereocenters. The van der Waals surface area contributed by atoms with Crippen LogP contribution in [-0.4, -0.2) is 20.1 Å². The van der Waals surface area contributed by atoms with Gasteiger partial charge in [-0.3, -0.25) is 4.79 Å². The van der Waals surface area contributed by atoms with Gasteiger partial charge in [0.25, 0.3) is 0 Å². The normalized spacial score (nSPS) is 21.3. The van der Waals surface area contributed by atoms with Crippen LogP contribution in [0.5, 0.6) is 11.5 Å². The van der Waals surface area contributed by atoms with Gasteiger partial charge in [0.1, 0.15) is 11.5 Å². The Labute approximate surface area is 148 Å². The number of methoxy groups -OCH3 is 2. The Hall–Kier alpha value is -2.49. The quantitative estimate of drug-likeness (QED) is 0.779. The third-order valence-electron chi connectivity index (χ3n) is 5.71. The maximum Gasteiger partial charge on any atom is 0.236 e. The molecule has 2 fully saturated rings.